The van der Waals surface area contributed by atoms with E-state index in [1.165, 1.54) is 29.3 Å². The number of amides is 1. The van der Waals surface area contributed by atoms with Gasteiger partial charge in [0.25, 0.3) is 15.9 Å². The molecule has 1 heterocycles. The molecule has 0 spiro atoms. The second-order valence-corrected chi connectivity index (χ2v) is 6.77. The SMILES string of the molecule is CC#CCOc1ccc(S(=O)(=O)NN2CCCC2C(=O)NO)cc1. The van der Waals surface area contributed by atoms with Crippen molar-refractivity contribution in [2.45, 2.75) is 30.7 Å². The second kappa shape index (κ2) is 8.12. The number of nitrogens with zero attached hydrogens (tertiary/aromatic N) is 1. The number of carbonyl (C=O) groups is 1. The molecule has 2 rings (SSSR count). The number of sulfonamides is 1. The van der Waals surface area contributed by atoms with Gasteiger partial charge in [-0.25, -0.2) is 18.9 Å². The van der Waals surface area contributed by atoms with Crippen molar-refractivity contribution < 1.29 is 23.2 Å². The summed E-state index contributed by atoms with van der Waals surface area (Å²) in [6.07, 6.45) is 1.10. The van der Waals surface area contributed by atoms with Crippen LogP contribution >= 0.6 is 0 Å². The highest BCUT2D eigenvalue weighted by atomic mass is 32.2. The molecule has 0 bridgehead atoms. The van der Waals surface area contributed by atoms with E-state index in [1.54, 1.807) is 12.4 Å². The van der Waals surface area contributed by atoms with Crippen LogP contribution in [0, 0.1) is 11.8 Å². The molecular formula is C15H19N3O5S. The van der Waals surface area contributed by atoms with Gasteiger partial charge in [0, 0.05) is 6.54 Å². The summed E-state index contributed by atoms with van der Waals surface area (Å²) >= 11 is 0. The zero-order valence-corrected chi connectivity index (χ0v) is 14.0. The molecule has 3 N–H and O–H groups in total. The predicted octanol–water partition coefficient (Wildman–Crippen LogP) is 0.252. The van der Waals surface area contributed by atoms with Crippen molar-refractivity contribution in [3.05, 3.63) is 24.3 Å². The molecule has 24 heavy (non-hydrogen) atoms. The number of hydrogen-bond acceptors (Lipinski definition) is 6. The Morgan fingerprint density at radius 2 is 2.12 bits per heavy atom. The fourth-order valence-electron chi connectivity index (χ4n) is 2.34. The molecule has 0 aliphatic carbocycles. The normalized spacial score (nSPS) is 17.8. The van der Waals surface area contributed by atoms with Crippen molar-refractivity contribution in [1.82, 2.24) is 15.3 Å². The van der Waals surface area contributed by atoms with Crippen LogP contribution in [0.1, 0.15) is 19.8 Å². The summed E-state index contributed by atoms with van der Waals surface area (Å²) in [5, 5.41) is 10.0. The first kappa shape index (κ1) is 18.2. The van der Waals surface area contributed by atoms with Gasteiger partial charge in [0.2, 0.25) is 0 Å². The molecule has 130 valence electrons. The smallest absolute Gasteiger partial charge is 0.262 e. The van der Waals surface area contributed by atoms with Crippen molar-refractivity contribution in [1.29, 1.82) is 0 Å². The molecule has 0 saturated carbocycles. The van der Waals surface area contributed by atoms with E-state index in [0.717, 1.165) is 0 Å². The van der Waals surface area contributed by atoms with Crippen molar-refractivity contribution in [2.75, 3.05) is 13.2 Å². The maximum atomic E-state index is 12.4. The number of nitrogens with one attached hydrogen (secondary N) is 2. The van der Waals surface area contributed by atoms with Crippen molar-refractivity contribution in [3.63, 3.8) is 0 Å². The quantitative estimate of drug-likeness (QED) is 0.384. The molecule has 1 amide bonds. The van der Waals surface area contributed by atoms with Gasteiger partial charge < -0.3 is 4.74 Å². The molecule has 1 atom stereocenters. The lowest BCUT2D eigenvalue weighted by Gasteiger charge is -2.23. The van der Waals surface area contributed by atoms with Gasteiger partial charge in [0.15, 0.2) is 0 Å². The average molecular weight is 353 g/mol. The number of benzene rings is 1. The third kappa shape index (κ3) is 4.46. The molecule has 1 aliphatic heterocycles. The molecule has 9 heteroatoms. The molecule has 0 aromatic heterocycles. The third-order valence-corrected chi connectivity index (χ3v) is 4.89. The molecule has 1 saturated heterocycles. The summed E-state index contributed by atoms with van der Waals surface area (Å²) < 4.78 is 30.1. The predicted molar refractivity (Wildman–Crippen MR) is 85.4 cm³/mol. The molecule has 1 aromatic rings. The monoisotopic (exact) mass is 353 g/mol. The lowest BCUT2D eigenvalue weighted by molar-refractivity contribution is -0.134. The lowest BCUT2D eigenvalue weighted by atomic mass is 10.2. The topological polar surface area (TPSA) is 108 Å². The number of rotatable bonds is 6. The van der Waals surface area contributed by atoms with Gasteiger partial charge in [-0.3, -0.25) is 10.0 Å². The fraction of sp³-hybridized carbons (Fsp3) is 0.400. The minimum Gasteiger partial charge on any atom is -0.481 e. The summed E-state index contributed by atoms with van der Waals surface area (Å²) in [4.78, 5) is 14.0. The van der Waals surface area contributed by atoms with Crippen LogP contribution in [0.25, 0.3) is 0 Å². The Morgan fingerprint density at radius 3 is 2.75 bits per heavy atom. The molecule has 1 aromatic carbocycles. The summed E-state index contributed by atoms with van der Waals surface area (Å²) in [6, 6.07) is 5.16. The van der Waals surface area contributed by atoms with Crippen molar-refractivity contribution >= 4 is 15.9 Å². The van der Waals surface area contributed by atoms with E-state index in [-0.39, 0.29) is 11.5 Å². The highest BCUT2D eigenvalue weighted by Crippen LogP contribution is 2.19. The minimum absolute atomic E-state index is 0.0477. The van der Waals surface area contributed by atoms with Crippen LogP contribution in [-0.4, -0.2) is 43.7 Å². The Morgan fingerprint density at radius 1 is 1.42 bits per heavy atom. The minimum atomic E-state index is -3.83. The number of ether oxygens (including phenoxy) is 1. The van der Waals surface area contributed by atoms with E-state index in [9.17, 15) is 13.2 Å². The van der Waals surface area contributed by atoms with Gasteiger partial charge in [0.05, 0.1) is 4.90 Å². The van der Waals surface area contributed by atoms with Gasteiger partial charge in [-0.2, -0.15) is 0 Å². The van der Waals surface area contributed by atoms with Gasteiger partial charge in [-0.1, -0.05) is 5.92 Å². The summed E-state index contributed by atoms with van der Waals surface area (Å²) in [7, 11) is -3.83. The molecule has 1 unspecified atom stereocenters. The molecular weight excluding hydrogens is 334 g/mol. The highest BCUT2D eigenvalue weighted by molar-refractivity contribution is 7.89. The Bertz CT molecular complexity index is 737. The van der Waals surface area contributed by atoms with Crippen LogP contribution in [0.2, 0.25) is 0 Å². The van der Waals surface area contributed by atoms with E-state index in [2.05, 4.69) is 16.7 Å². The van der Waals surface area contributed by atoms with Crippen molar-refractivity contribution in [2.24, 2.45) is 0 Å². The summed E-state index contributed by atoms with van der Waals surface area (Å²) in [5.41, 5.74) is 1.55. The molecule has 1 aliphatic rings. The van der Waals surface area contributed by atoms with E-state index >= 15 is 0 Å². The van der Waals surface area contributed by atoms with E-state index in [4.69, 9.17) is 9.94 Å². The lowest BCUT2D eigenvalue weighted by Crippen LogP contribution is -2.50. The van der Waals surface area contributed by atoms with Crippen LogP contribution in [0.15, 0.2) is 29.2 Å². The zero-order valence-electron chi connectivity index (χ0n) is 13.2. The average Bonchev–Trinajstić information content (AvgIpc) is 3.02. The molecule has 1 fully saturated rings. The fourth-order valence-corrected chi connectivity index (χ4v) is 3.46. The largest absolute Gasteiger partial charge is 0.481 e. The number of hydrazine groups is 1. The summed E-state index contributed by atoms with van der Waals surface area (Å²) in [6.45, 7) is 2.31. The zero-order chi connectivity index (χ0) is 17.6. The number of hydrogen-bond donors (Lipinski definition) is 3. The van der Waals surface area contributed by atoms with Gasteiger partial charge in [0.1, 0.15) is 18.4 Å². The van der Waals surface area contributed by atoms with Crippen LogP contribution in [0.3, 0.4) is 0 Å². The van der Waals surface area contributed by atoms with Gasteiger partial charge in [-0.05, 0) is 44.0 Å². The Labute approximate surface area is 140 Å². The summed E-state index contributed by atoms with van der Waals surface area (Å²) in [5.74, 6) is 5.31. The Kier molecular flexibility index (Phi) is 6.16. The first-order valence-corrected chi connectivity index (χ1v) is 8.82. The van der Waals surface area contributed by atoms with E-state index in [1.807, 2.05) is 0 Å². The number of hydroxylamine groups is 1. The first-order valence-electron chi connectivity index (χ1n) is 7.33. The van der Waals surface area contributed by atoms with Crippen LogP contribution in [0.5, 0.6) is 5.75 Å². The standard InChI is InChI=1S/C15H19N3O5S/c1-2-3-11-23-12-6-8-13(9-7-12)24(21,22)17-18-10-4-5-14(18)15(19)16-20/h6-9,14,17,20H,4-5,10-11H2,1H3,(H,16,19). The second-order valence-electron chi connectivity index (χ2n) is 5.11. The third-order valence-electron chi connectivity index (χ3n) is 3.52. The maximum absolute atomic E-state index is 12.4. The van der Waals surface area contributed by atoms with Gasteiger partial charge >= 0.3 is 0 Å². The van der Waals surface area contributed by atoms with Crippen LogP contribution in [-0.2, 0) is 14.8 Å². The first-order chi connectivity index (χ1) is 11.5. The van der Waals surface area contributed by atoms with Crippen LogP contribution < -0.4 is 15.0 Å². The molecule has 8 nitrogen and oxygen atoms in total. The van der Waals surface area contributed by atoms with Gasteiger partial charge in [-0.15, -0.1) is 10.8 Å². The Hall–Kier alpha value is -2.12. The Balaban J connectivity index is 2.06. The van der Waals surface area contributed by atoms with E-state index < -0.39 is 22.0 Å². The molecule has 0 radical (unpaired) electrons. The van der Waals surface area contributed by atoms with Crippen molar-refractivity contribution in [3.8, 4) is 17.6 Å². The highest BCUT2D eigenvalue weighted by Gasteiger charge is 2.33. The van der Waals surface area contributed by atoms with Crippen LogP contribution in [0.4, 0.5) is 0 Å². The maximum Gasteiger partial charge on any atom is 0.262 e. The number of carbonyl (C=O) groups excluding carboxylic acids is 1. The van der Waals surface area contributed by atoms with E-state index in [0.29, 0.717) is 25.1 Å².